The monoisotopic (exact) mass is 332 g/mol. The molecule has 2 amide bonds. The van der Waals surface area contributed by atoms with Gasteiger partial charge in [-0.2, -0.15) is 0 Å². The van der Waals surface area contributed by atoms with Gasteiger partial charge in [0.2, 0.25) is 5.91 Å². The fraction of sp³-hybridized carbons (Fsp3) is 0.579. The fourth-order valence-electron chi connectivity index (χ4n) is 2.75. The maximum atomic E-state index is 12.4. The third-order valence-electron chi connectivity index (χ3n) is 4.16. The molecule has 1 aromatic carbocycles. The summed E-state index contributed by atoms with van der Waals surface area (Å²) in [6, 6.07) is 10.00. The Kier molecular flexibility index (Phi) is 5.52. The highest BCUT2D eigenvalue weighted by atomic mass is 16.6. The van der Waals surface area contributed by atoms with Crippen LogP contribution in [0.3, 0.4) is 0 Å². The van der Waals surface area contributed by atoms with Crippen LogP contribution < -0.4 is 5.32 Å². The molecule has 1 aromatic rings. The molecule has 0 bridgehead atoms. The van der Waals surface area contributed by atoms with Gasteiger partial charge in [-0.3, -0.25) is 4.79 Å². The number of hydrogen-bond acceptors (Lipinski definition) is 3. The first kappa shape index (κ1) is 18.3. The summed E-state index contributed by atoms with van der Waals surface area (Å²) in [7, 11) is 1.57. The molecule has 132 valence electrons. The topological polar surface area (TPSA) is 58.6 Å². The van der Waals surface area contributed by atoms with E-state index < -0.39 is 11.7 Å². The maximum absolute atomic E-state index is 12.4. The number of nitrogens with one attached hydrogen (secondary N) is 1. The van der Waals surface area contributed by atoms with Gasteiger partial charge in [0, 0.05) is 7.05 Å². The number of amides is 2. The summed E-state index contributed by atoms with van der Waals surface area (Å²) < 4.78 is 5.27. The van der Waals surface area contributed by atoms with Crippen LogP contribution in [-0.4, -0.2) is 36.1 Å². The number of carbonyl (C=O) groups is 2. The molecule has 5 nitrogen and oxygen atoms in total. The summed E-state index contributed by atoms with van der Waals surface area (Å²) in [6.07, 6.45) is 0.621. The molecule has 1 aliphatic carbocycles. The van der Waals surface area contributed by atoms with Crippen molar-refractivity contribution in [1.29, 1.82) is 0 Å². The lowest BCUT2D eigenvalue weighted by molar-refractivity contribution is -0.122. The normalized spacial score (nSPS) is 20.9. The van der Waals surface area contributed by atoms with E-state index in [9.17, 15) is 9.59 Å². The lowest BCUT2D eigenvalue weighted by Gasteiger charge is -2.25. The van der Waals surface area contributed by atoms with E-state index in [0.717, 1.165) is 12.0 Å². The smallest absolute Gasteiger partial charge is 0.410 e. The van der Waals surface area contributed by atoms with Crippen LogP contribution in [0.25, 0.3) is 0 Å². The van der Waals surface area contributed by atoms with E-state index in [-0.39, 0.29) is 18.5 Å². The van der Waals surface area contributed by atoms with Crippen LogP contribution in [0.4, 0.5) is 4.79 Å². The van der Waals surface area contributed by atoms with Gasteiger partial charge in [-0.25, -0.2) is 4.79 Å². The third-order valence-corrected chi connectivity index (χ3v) is 4.16. The average molecular weight is 332 g/mol. The quantitative estimate of drug-likeness (QED) is 0.899. The maximum Gasteiger partial charge on any atom is 0.410 e. The Morgan fingerprint density at radius 1 is 1.29 bits per heavy atom. The van der Waals surface area contributed by atoms with Gasteiger partial charge in [0.25, 0.3) is 0 Å². The molecule has 1 fully saturated rings. The minimum absolute atomic E-state index is 0.000682. The van der Waals surface area contributed by atoms with Crippen molar-refractivity contribution in [1.82, 2.24) is 10.2 Å². The van der Waals surface area contributed by atoms with Crippen molar-refractivity contribution in [2.75, 3.05) is 13.6 Å². The first-order chi connectivity index (χ1) is 11.2. The van der Waals surface area contributed by atoms with Crippen LogP contribution >= 0.6 is 0 Å². The van der Waals surface area contributed by atoms with Gasteiger partial charge in [-0.15, -0.1) is 0 Å². The Hall–Kier alpha value is -2.04. The van der Waals surface area contributed by atoms with Gasteiger partial charge in [0.1, 0.15) is 12.1 Å². The van der Waals surface area contributed by atoms with Crippen molar-refractivity contribution >= 4 is 12.0 Å². The standard InChI is InChI=1S/C19H28N2O3/c1-13-11-15(13)17(14-9-7-6-8-10-14)20-16(22)12-21(5)18(23)24-19(2,3)4/h6-10,13,15,17H,11-12H2,1-5H3,(H,20,22). The van der Waals surface area contributed by atoms with Gasteiger partial charge in [-0.1, -0.05) is 37.3 Å². The summed E-state index contributed by atoms with van der Waals surface area (Å²) in [4.78, 5) is 25.7. The Labute approximate surface area is 144 Å². The Balaban J connectivity index is 1.95. The SMILES string of the molecule is CC1CC1C(NC(=O)CN(C)C(=O)OC(C)(C)C)c1ccccc1. The lowest BCUT2D eigenvalue weighted by atomic mass is 10.0. The number of ether oxygens (including phenoxy) is 1. The molecular weight excluding hydrogens is 304 g/mol. The number of hydrogen-bond donors (Lipinski definition) is 1. The van der Waals surface area contributed by atoms with E-state index in [0.29, 0.717) is 11.8 Å². The molecule has 0 aromatic heterocycles. The lowest BCUT2D eigenvalue weighted by Crippen LogP contribution is -2.42. The zero-order chi connectivity index (χ0) is 17.9. The molecule has 1 aliphatic rings. The summed E-state index contributed by atoms with van der Waals surface area (Å²) in [5.41, 5.74) is 0.540. The van der Waals surface area contributed by atoms with Gasteiger partial charge in [0.15, 0.2) is 0 Å². The van der Waals surface area contributed by atoms with Crippen molar-refractivity contribution < 1.29 is 14.3 Å². The number of carbonyl (C=O) groups excluding carboxylic acids is 2. The van der Waals surface area contributed by atoms with E-state index in [1.165, 1.54) is 4.90 Å². The second kappa shape index (κ2) is 7.24. The van der Waals surface area contributed by atoms with E-state index in [1.54, 1.807) is 27.8 Å². The number of nitrogens with zero attached hydrogens (tertiary/aromatic N) is 1. The zero-order valence-corrected chi connectivity index (χ0v) is 15.2. The second-order valence-corrected chi connectivity index (χ2v) is 7.67. The van der Waals surface area contributed by atoms with Crippen molar-refractivity contribution in [2.24, 2.45) is 11.8 Å². The molecule has 3 unspecified atom stereocenters. The largest absolute Gasteiger partial charge is 0.444 e. The Morgan fingerprint density at radius 2 is 1.88 bits per heavy atom. The molecule has 3 atom stereocenters. The first-order valence-electron chi connectivity index (χ1n) is 8.46. The van der Waals surface area contributed by atoms with Crippen molar-refractivity contribution in [3.05, 3.63) is 35.9 Å². The van der Waals surface area contributed by atoms with E-state index >= 15 is 0 Å². The van der Waals surface area contributed by atoms with E-state index in [1.807, 2.05) is 30.3 Å². The van der Waals surface area contributed by atoms with Gasteiger partial charge in [0.05, 0.1) is 6.04 Å². The molecule has 1 saturated carbocycles. The third kappa shape index (κ3) is 5.25. The average Bonchev–Trinajstić information content (AvgIpc) is 3.20. The second-order valence-electron chi connectivity index (χ2n) is 7.67. The van der Waals surface area contributed by atoms with Crippen LogP contribution in [0, 0.1) is 11.8 Å². The summed E-state index contributed by atoms with van der Waals surface area (Å²) >= 11 is 0. The summed E-state index contributed by atoms with van der Waals surface area (Å²) in [5, 5.41) is 3.09. The Bertz CT molecular complexity index is 580. The van der Waals surface area contributed by atoms with Crippen LogP contribution in [0.2, 0.25) is 0 Å². The highest BCUT2D eigenvalue weighted by Crippen LogP contribution is 2.46. The van der Waals surface area contributed by atoms with Crippen LogP contribution in [0.1, 0.15) is 45.7 Å². The Morgan fingerprint density at radius 3 is 2.38 bits per heavy atom. The molecule has 0 saturated heterocycles. The van der Waals surface area contributed by atoms with Gasteiger partial charge >= 0.3 is 6.09 Å². The van der Waals surface area contributed by atoms with Crippen molar-refractivity contribution in [3.63, 3.8) is 0 Å². The van der Waals surface area contributed by atoms with Crippen molar-refractivity contribution in [2.45, 2.75) is 45.8 Å². The molecule has 1 N–H and O–H groups in total. The minimum Gasteiger partial charge on any atom is -0.444 e. The fourth-order valence-corrected chi connectivity index (χ4v) is 2.75. The number of likely N-dealkylation sites (N-methyl/N-ethyl adjacent to an activating group) is 1. The first-order valence-corrected chi connectivity index (χ1v) is 8.46. The molecule has 0 aliphatic heterocycles. The predicted octanol–water partition coefficient (Wildman–Crippen LogP) is 3.37. The summed E-state index contributed by atoms with van der Waals surface area (Å²) in [5.74, 6) is 0.901. The predicted molar refractivity (Wildman–Crippen MR) is 93.5 cm³/mol. The highest BCUT2D eigenvalue weighted by Gasteiger charge is 2.41. The van der Waals surface area contributed by atoms with E-state index in [2.05, 4.69) is 12.2 Å². The zero-order valence-electron chi connectivity index (χ0n) is 15.2. The summed E-state index contributed by atoms with van der Waals surface area (Å²) in [6.45, 7) is 7.59. The van der Waals surface area contributed by atoms with E-state index in [4.69, 9.17) is 4.74 Å². The highest BCUT2D eigenvalue weighted by molar-refractivity contribution is 5.82. The minimum atomic E-state index is -0.572. The van der Waals surface area contributed by atoms with Crippen LogP contribution in [-0.2, 0) is 9.53 Å². The molecular formula is C19H28N2O3. The molecule has 0 radical (unpaired) electrons. The molecule has 5 heteroatoms. The number of benzene rings is 1. The molecule has 0 heterocycles. The molecule has 24 heavy (non-hydrogen) atoms. The molecule has 0 spiro atoms. The molecule has 2 rings (SSSR count). The van der Waals surface area contributed by atoms with Gasteiger partial charge in [-0.05, 0) is 44.6 Å². The van der Waals surface area contributed by atoms with Crippen LogP contribution in [0.5, 0.6) is 0 Å². The van der Waals surface area contributed by atoms with Crippen molar-refractivity contribution in [3.8, 4) is 0 Å². The number of rotatable bonds is 5. The van der Waals surface area contributed by atoms with Gasteiger partial charge < -0.3 is 15.0 Å². The van der Waals surface area contributed by atoms with Crippen LogP contribution in [0.15, 0.2) is 30.3 Å².